The number of fused-ring (bicyclic) bond motifs is 3. The zero-order valence-corrected chi connectivity index (χ0v) is 23.5. The second kappa shape index (κ2) is 13.2. The molecular weight excluding hydrogens is 538 g/mol. The minimum Gasteiger partial charge on any atom is -0.461 e. The van der Waals surface area contributed by atoms with Crippen molar-refractivity contribution in [3.05, 3.63) is 45.0 Å². The number of imide groups is 1. The number of carbonyl (C=O) groups is 2. The zero-order chi connectivity index (χ0) is 28.9. The molecule has 0 bridgehead atoms. The number of amides is 2. The van der Waals surface area contributed by atoms with E-state index in [1.807, 2.05) is 19.9 Å². The summed E-state index contributed by atoms with van der Waals surface area (Å²) in [7, 11) is 0. The van der Waals surface area contributed by atoms with Gasteiger partial charge in [0.15, 0.2) is 12.2 Å². The first kappa shape index (κ1) is 29.4. The molecule has 1 unspecified atom stereocenters. The van der Waals surface area contributed by atoms with Gasteiger partial charge < -0.3 is 37.3 Å². The molecule has 0 saturated carbocycles. The first-order chi connectivity index (χ1) is 19.9. The van der Waals surface area contributed by atoms with Crippen molar-refractivity contribution in [2.24, 2.45) is 0 Å². The van der Waals surface area contributed by atoms with Crippen LogP contribution in [0.3, 0.4) is 0 Å². The maximum atomic E-state index is 13.5. The van der Waals surface area contributed by atoms with Crippen molar-refractivity contribution in [2.75, 3.05) is 66.1 Å². The fraction of sp³-hybridized carbons (Fsp3) is 0.552. The van der Waals surface area contributed by atoms with Crippen molar-refractivity contribution in [2.45, 2.75) is 39.5 Å². The van der Waals surface area contributed by atoms with Gasteiger partial charge in [-0.1, -0.05) is 0 Å². The number of furan rings is 1. The molecule has 5 rings (SSSR count). The molecule has 3 aromatic rings. The average Bonchev–Trinajstić information content (AvgIpc) is 3.37. The van der Waals surface area contributed by atoms with E-state index in [2.05, 4.69) is 0 Å². The number of benzene rings is 1. The molecule has 2 fully saturated rings. The van der Waals surface area contributed by atoms with Gasteiger partial charge in [0, 0.05) is 28.0 Å². The highest BCUT2D eigenvalue weighted by Crippen LogP contribution is 2.36. The molecule has 4 heterocycles. The predicted molar refractivity (Wildman–Crippen MR) is 145 cm³/mol. The Labute approximate surface area is 236 Å². The van der Waals surface area contributed by atoms with Gasteiger partial charge in [0.05, 0.1) is 72.6 Å². The van der Waals surface area contributed by atoms with Crippen LogP contribution in [-0.4, -0.2) is 95.0 Å². The Bertz CT molecular complexity index is 1420. The molecule has 2 aromatic heterocycles. The number of carbonyl (C=O) groups excluding carboxylic acids is 2. The van der Waals surface area contributed by atoms with Crippen LogP contribution < -0.4 is 5.63 Å². The summed E-state index contributed by atoms with van der Waals surface area (Å²) in [6, 6.07) is 3.30. The molecule has 41 heavy (non-hydrogen) atoms. The molecule has 0 aliphatic carbocycles. The van der Waals surface area contributed by atoms with Gasteiger partial charge in [-0.05, 0) is 32.4 Å². The monoisotopic (exact) mass is 573 g/mol. The normalized spacial score (nSPS) is 22.7. The largest absolute Gasteiger partial charge is 0.461 e. The molecule has 0 N–H and O–H groups in total. The SMILES string of the molecule is Cc1oc2c(C)c3oc(=O)cc(C)c3cc2c1CN1C(=O)C2OCCOCCOCCOCCOCCO[C@H]2C1=O. The Morgan fingerprint density at radius 2 is 1.15 bits per heavy atom. The second-order valence-corrected chi connectivity index (χ2v) is 9.94. The van der Waals surface area contributed by atoms with Gasteiger partial charge in [0.1, 0.15) is 16.9 Å². The Kier molecular flexibility index (Phi) is 9.48. The Morgan fingerprint density at radius 1 is 0.659 bits per heavy atom. The van der Waals surface area contributed by atoms with E-state index in [1.165, 1.54) is 6.07 Å². The number of ether oxygens (including phenoxy) is 6. The fourth-order valence-corrected chi connectivity index (χ4v) is 5.08. The van der Waals surface area contributed by atoms with Crippen LogP contribution in [0.1, 0.15) is 22.5 Å². The van der Waals surface area contributed by atoms with Crippen LogP contribution >= 0.6 is 0 Å². The number of nitrogens with zero attached hydrogens (tertiary/aromatic N) is 1. The molecule has 2 aliphatic heterocycles. The van der Waals surface area contributed by atoms with E-state index in [-0.39, 0.29) is 33.0 Å². The van der Waals surface area contributed by atoms with E-state index >= 15 is 0 Å². The van der Waals surface area contributed by atoms with Gasteiger partial charge in [0.25, 0.3) is 11.8 Å². The zero-order valence-electron chi connectivity index (χ0n) is 23.5. The number of rotatable bonds is 2. The van der Waals surface area contributed by atoms with E-state index < -0.39 is 29.6 Å². The standard InChI is InChI=1S/C29H35NO11/c1-17-14-23(31)41-24-18(2)25-21(15-20(17)24)22(19(3)40-25)16-30-28(32)26-27(29(30)33)39-13-11-37-9-7-35-5-4-34-6-8-36-10-12-38-26/h14-15,26-27H,4-13,16H2,1-3H3/t26-,27?/m1/s1. The maximum Gasteiger partial charge on any atom is 0.336 e. The van der Waals surface area contributed by atoms with Gasteiger partial charge in [-0.3, -0.25) is 14.5 Å². The highest BCUT2D eigenvalue weighted by Gasteiger charge is 2.49. The summed E-state index contributed by atoms with van der Waals surface area (Å²) in [5.74, 6) is -0.453. The van der Waals surface area contributed by atoms with Crippen LogP contribution in [0.5, 0.6) is 0 Å². The van der Waals surface area contributed by atoms with Crippen molar-refractivity contribution in [3.8, 4) is 0 Å². The highest BCUT2D eigenvalue weighted by molar-refractivity contribution is 6.08. The quantitative estimate of drug-likeness (QED) is 0.330. The van der Waals surface area contributed by atoms with Gasteiger partial charge in [0.2, 0.25) is 0 Å². The summed E-state index contributed by atoms with van der Waals surface area (Å²) in [6.45, 7) is 8.46. The van der Waals surface area contributed by atoms with Crippen molar-refractivity contribution >= 4 is 33.8 Å². The van der Waals surface area contributed by atoms with Crippen LogP contribution in [0.15, 0.2) is 25.8 Å². The van der Waals surface area contributed by atoms with Crippen LogP contribution in [-0.2, 0) is 44.6 Å². The third kappa shape index (κ3) is 6.37. The van der Waals surface area contributed by atoms with Crippen molar-refractivity contribution in [1.29, 1.82) is 0 Å². The van der Waals surface area contributed by atoms with Crippen molar-refractivity contribution in [1.82, 2.24) is 4.90 Å². The Hall–Kier alpha value is -3.13. The first-order valence-corrected chi connectivity index (χ1v) is 13.7. The topological polar surface area (TPSA) is 136 Å². The molecular formula is C29H35NO11. The Morgan fingerprint density at radius 3 is 1.68 bits per heavy atom. The summed E-state index contributed by atoms with van der Waals surface area (Å²) >= 11 is 0. The smallest absolute Gasteiger partial charge is 0.336 e. The Balaban J connectivity index is 1.38. The molecule has 12 heteroatoms. The van der Waals surface area contributed by atoms with E-state index in [9.17, 15) is 14.4 Å². The maximum absolute atomic E-state index is 13.5. The third-order valence-corrected chi connectivity index (χ3v) is 7.20. The lowest BCUT2D eigenvalue weighted by Gasteiger charge is -2.17. The van der Waals surface area contributed by atoms with E-state index in [1.54, 1.807) is 6.92 Å². The molecule has 1 aromatic carbocycles. The molecule has 2 atom stereocenters. The number of hydrogen-bond acceptors (Lipinski definition) is 11. The lowest BCUT2D eigenvalue weighted by molar-refractivity contribution is -0.143. The lowest BCUT2D eigenvalue weighted by atomic mass is 10.0. The molecule has 2 saturated heterocycles. The predicted octanol–water partition coefficient (Wildman–Crippen LogP) is 2.18. The van der Waals surface area contributed by atoms with Gasteiger partial charge in [-0.15, -0.1) is 0 Å². The molecule has 222 valence electrons. The number of likely N-dealkylation sites (tertiary alicyclic amines) is 1. The van der Waals surface area contributed by atoms with Gasteiger partial charge >= 0.3 is 5.63 Å². The summed E-state index contributed by atoms with van der Waals surface area (Å²) in [5, 5.41) is 1.49. The number of hydrogen-bond donors (Lipinski definition) is 0. The molecule has 12 nitrogen and oxygen atoms in total. The minimum absolute atomic E-state index is 0.0291. The molecule has 0 spiro atoms. The van der Waals surface area contributed by atoms with Crippen LogP contribution in [0, 0.1) is 20.8 Å². The third-order valence-electron chi connectivity index (χ3n) is 7.20. The van der Waals surface area contributed by atoms with E-state index in [0.717, 1.165) is 21.2 Å². The number of aryl methyl sites for hydroxylation is 3. The molecule has 0 radical (unpaired) electrons. The van der Waals surface area contributed by atoms with Crippen molar-refractivity contribution in [3.63, 3.8) is 0 Å². The summed E-state index contributed by atoms with van der Waals surface area (Å²) in [5.41, 5.74) is 2.63. The fourth-order valence-electron chi connectivity index (χ4n) is 5.08. The highest BCUT2D eigenvalue weighted by atomic mass is 16.6. The molecule has 2 aliphatic rings. The lowest BCUT2D eigenvalue weighted by Crippen LogP contribution is -2.36. The second-order valence-electron chi connectivity index (χ2n) is 9.94. The van der Waals surface area contributed by atoms with Gasteiger partial charge in [-0.2, -0.15) is 0 Å². The summed E-state index contributed by atoms with van der Waals surface area (Å²) < 4.78 is 45.1. The average molecular weight is 574 g/mol. The van der Waals surface area contributed by atoms with Crippen LogP contribution in [0.4, 0.5) is 0 Å². The molecule has 2 amide bonds. The minimum atomic E-state index is -1.12. The van der Waals surface area contributed by atoms with Crippen LogP contribution in [0.25, 0.3) is 21.9 Å². The summed E-state index contributed by atoms with van der Waals surface area (Å²) in [4.78, 5) is 40.2. The van der Waals surface area contributed by atoms with Crippen molar-refractivity contribution < 1.29 is 46.8 Å². The first-order valence-electron chi connectivity index (χ1n) is 13.7. The van der Waals surface area contributed by atoms with E-state index in [0.29, 0.717) is 67.7 Å². The summed E-state index contributed by atoms with van der Waals surface area (Å²) in [6.07, 6.45) is -2.25. The van der Waals surface area contributed by atoms with Crippen LogP contribution in [0.2, 0.25) is 0 Å². The van der Waals surface area contributed by atoms with E-state index in [4.69, 9.17) is 37.3 Å². The van der Waals surface area contributed by atoms with Gasteiger partial charge in [-0.25, -0.2) is 4.79 Å².